The van der Waals surface area contributed by atoms with Crippen LogP contribution in [0.15, 0.2) is 84.9 Å². The molecule has 0 bridgehead atoms. The summed E-state index contributed by atoms with van der Waals surface area (Å²) >= 11 is 0. The Morgan fingerprint density at radius 1 is 0.833 bits per heavy atom. The van der Waals surface area contributed by atoms with Crippen LogP contribution in [0.5, 0.6) is 0 Å². The first kappa shape index (κ1) is 23.3. The highest BCUT2D eigenvalue weighted by Crippen LogP contribution is 2.29. The van der Waals surface area contributed by atoms with Gasteiger partial charge in [0.2, 0.25) is 5.91 Å². The van der Waals surface area contributed by atoms with Crippen LogP contribution in [0, 0.1) is 11.3 Å². The zero-order chi connectivity index (χ0) is 24.7. The fourth-order valence-electron chi connectivity index (χ4n) is 4.57. The SMILES string of the molecule is N#CC(C(=O)NCCc1ccccc1)c1nc2ccccc2nc1N1CCN(c2ccccc2)CC1. The summed E-state index contributed by atoms with van der Waals surface area (Å²) in [6, 6.07) is 30.1. The Morgan fingerprint density at radius 2 is 1.42 bits per heavy atom. The molecule has 4 aromatic rings. The number of fused-ring (bicyclic) bond motifs is 1. The van der Waals surface area contributed by atoms with Crippen LogP contribution in [0.4, 0.5) is 11.5 Å². The molecule has 36 heavy (non-hydrogen) atoms. The number of amides is 1. The van der Waals surface area contributed by atoms with Crippen LogP contribution in [0.1, 0.15) is 17.2 Å². The molecule has 7 nitrogen and oxygen atoms in total. The zero-order valence-corrected chi connectivity index (χ0v) is 20.0. The molecular formula is C29H28N6O. The van der Waals surface area contributed by atoms with E-state index in [1.807, 2.05) is 72.8 Å². The molecule has 0 spiro atoms. The van der Waals surface area contributed by atoms with Crippen molar-refractivity contribution in [3.05, 3.63) is 96.2 Å². The molecule has 1 amide bonds. The van der Waals surface area contributed by atoms with E-state index in [0.29, 0.717) is 30.0 Å². The molecule has 5 rings (SSSR count). The lowest BCUT2D eigenvalue weighted by Gasteiger charge is -2.37. The highest BCUT2D eigenvalue weighted by Gasteiger charge is 2.30. The number of para-hydroxylation sites is 3. The Balaban J connectivity index is 1.37. The average Bonchev–Trinajstić information content (AvgIpc) is 2.94. The molecule has 1 N–H and O–H groups in total. The van der Waals surface area contributed by atoms with Crippen molar-refractivity contribution in [1.82, 2.24) is 15.3 Å². The third-order valence-corrected chi connectivity index (χ3v) is 6.50. The van der Waals surface area contributed by atoms with Crippen LogP contribution in [0.3, 0.4) is 0 Å². The normalized spacial score (nSPS) is 14.3. The van der Waals surface area contributed by atoms with E-state index in [-0.39, 0.29) is 5.91 Å². The number of rotatable bonds is 7. The van der Waals surface area contributed by atoms with Crippen molar-refractivity contribution in [2.75, 3.05) is 42.5 Å². The number of hydrogen-bond donors (Lipinski definition) is 1. The van der Waals surface area contributed by atoms with Gasteiger partial charge in [0.1, 0.15) is 5.69 Å². The topological polar surface area (TPSA) is 85.1 Å². The van der Waals surface area contributed by atoms with Gasteiger partial charge < -0.3 is 15.1 Å². The number of benzene rings is 3. The third kappa shape index (κ3) is 5.13. The van der Waals surface area contributed by atoms with Gasteiger partial charge in [-0.1, -0.05) is 60.7 Å². The van der Waals surface area contributed by atoms with E-state index in [0.717, 1.165) is 37.3 Å². The van der Waals surface area contributed by atoms with E-state index in [2.05, 4.69) is 33.3 Å². The summed E-state index contributed by atoms with van der Waals surface area (Å²) in [5, 5.41) is 13.0. The first-order chi connectivity index (χ1) is 17.7. The van der Waals surface area contributed by atoms with Crippen LogP contribution < -0.4 is 15.1 Å². The van der Waals surface area contributed by atoms with Crippen LogP contribution >= 0.6 is 0 Å². The van der Waals surface area contributed by atoms with Gasteiger partial charge in [0, 0.05) is 38.4 Å². The Hall–Kier alpha value is -4.44. The minimum Gasteiger partial charge on any atom is -0.368 e. The van der Waals surface area contributed by atoms with Gasteiger partial charge in [0.05, 0.1) is 17.1 Å². The lowest BCUT2D eigenvalue weighted by Crippen LogP contribution is -2.47. The standard InChI is InChI=1S/C29H28N6O/c30-21-24(29(36)31-16-15-22-9-3-1-4-10-22)27-28(33-26-14-8-7-13-25(26)32-27)35-19-17-34(18-20-35)23-11-5-2-6-12-23/h1-14,24H,15-20H2,(H,31,36). The summed E-state index contributed by atoms with van der Waals surface area (Å²) in [4.78, 5) is 27.3. The Kier molecular flexibility index (Phi) is 7.04. The molecule has 7 heteroatoms. The summed E-state index contributed by atoms with van der Waals surface area (Å²) in [5.74, 6) is -0.770. The van der Waals surface area contributed by atoms with Crippen LogP contribution in [-0.2, 0) is 11.2 Å². The Labute approximate surface area is 211 Å². The number of anilines is 2. The average molecular weight is 477 g/mol. The van der Waals surface area contributed by atoms with E-state index in [1.54, 1.807) is 0 Å². The molecule has 1 aromatic heterocycles. The molecule has 3 aromatic carbocycles. The summed E-state index contributed by atoms with van der Waals surface area (Å²) in [6.45, 7) is 3.54. The van der Waals surface area contributed by atoms with E-state index >= 15 is 0 Å². The van der Waals surface area contributed by atoms with Crippen molar-refractivity contribution in [3.63, 3.8) is 0 Å². The summed E-state index contributed by atoms with van der Waals surface area (Å²) in [7, 11) is 0. The van der Waals surface area contributed by atoms with Crippen molar-refractivity contribution in [1.29, 1.82) is 5.26 Å². The maximum atomic E-state index is 13.1. The monoisotopic (exact) mass is 476 g/mol. The van der Waals surface area contributed by atoms with Gasteiger partial charge >= 0.3 is 0 Å². The van der Waals surface area contributed by atoms with E-state index in [4.69, 9.17) is 9.97 Å². The van der Waals surface area contributed by atoms with Crippen molar-refractivity contribution >= 4 is 28.4 Å². The van der Waals surface area contributed by atoms with Crippen LogP contribution in [-0.4, -0.2) is 48.6 Å². The fraction of sp³-hybridized carbons (Fsp3) is 0.241. The number of carbonyl (C=O) groups excluding carboxylic acids is 1. The minimum absolute atomic E-state index is 0.345. The summed E-state index contributed by atoms with van der Waals surface area (Å²) in [5.41, 5.74) is 4.17. The molecular weight excluding hydrogens is 448 g/mol. The highest BCUT2D eigenvalue weighted by molar-refractivity contribution is 5.89. The van der Waals surface area contributed by atoms with Crippen molar-refractivity contribution in [3.8, 4) is 6.07 Å². The first-order valence-corrected chi connectivity index (χ1v) is 12.3. The lowest BCUT2D eigenvalue weighted by molar-refractivity contribution is -0.121. The highest BCUT2D eigenvalue weighted by atomic mass is 16.1. The number of nitriles is 1. The number of aromatic nitrogens is 2. The second-order valence-electron chi connectivity index (χ2n) is 8.82. The first-order valence-electron chi connectivity index (χ1n) is 12.3. The van der Waals surface area contributed by atoms with Gasteiger partial charge in [-0.2, -0.15) is 5.26 Å². The van der Waals surface area contributed by atoms with Gasteiger partial charge in [-0.15, -0.1) is 0 Å². The van der Waals surface area contributed by atoms with E-state index in [9.17, 15) is 10.1 Å². The number of piperazine rings is 1. The van der Waals surface area contributed by atoms with Gasteiger partial charge in [0.25, 0.3) is 0 Å². The molecule has 0 radical (unpaired) electrons. The van der Waals surface area contributed by atoms with E-state index < -0.39 is 5.92 Å². The summed E-state index contributed by atoms with van der Waals surface area (Å²) in [6.07, 6.45) is 0.697. The number of hydrogen-bond acceptors (Lipinski definition) is 6. The molecule has 1 saturated heterocycles. The second-order valence-corrected chi connectivity index (χ2v) is 8.82. The van der Waals surface area contributed by atoms with Gasteiger partial charge in [-0.05, 0) is 36.2 Å². The van der Waals surface area contributed by atoms with Gasteiger partial charge in [0.15, 0.2) is 11.7 Å². The number of nitrogens with zero attached hydrogens (tertiary/aromatic N) is 5. The van der Waals surface area contributed by atoms with Crippen molar-refractivity contribution < 1.29 is 4.79 Å². The predicted molar refractivity (Wildman–Crippen MR) is 142 cm³/mol. The molecule has 1 unspecified atom stereocenters. The lowest BCUT2D eigenvalue weighted by atomic mass is 10.0. The Morgan fingerprint density at radius 3 is 2.08 bits per heavy atom. The Bertz CT molecular complexity index is 1360. The molecule has 0 aliphatic carbocycles. The van der Waals surface area contributed by atoms with Gasteiger partial charge in [-0.3, -0.25) is 4.79 Å². The molecule has 0 saturated carbocycles. The molecule has 180 valence electrons. The molecule has 1 aliphatic heterocycles. The quantitative estimate of drug-likeness (QED) is 0.435. The largest absolute Gasteiger partial charge is 0.368 e. The third-order valence-electron chi connectivity index (χ3n) is 6.50. The van der Waals surface area contributed by atoms with E-state index in [1.165, 1.54) is 5.69 Å². The zero-order valence-electron chi connectivity index (χ0n) is 20.0. The number of carbonyl (C=O) groups is 1. The fourth-order valence-corrected chi connectivity index (χ4v) is 4.57. The molecule has 1 atom stereocenters. The number of nitrogens with one attached hydrogen (secondary N) is 1. The molecule has 1 aliphatic rings. The maximum Gasteiger partial charge on any atom is 0.243 e. The maximum absolute atomic E-state index is 13.1. The second kappa shape index (κ2) is 10.9. The van der Waals surface area contributed by atoms with Crippen molar-refractivity contribution in [2.24, 2.45) is 0 Å². The molecule has 1 fully saturated rings. The smallest absolute Gasteiger partial charge is 0.243 e. The minimum atomic E-state index is -1.04. The molecule has 2 heterocycles. The summed E-state index contributed by atoms with van der Waals surface area (Å²) < 4.78 is 0. The van der Waals surface area contributed by atoms with Crippen LogP contribution in [0.25, 0.3) is 11.0 Å². The predicted octanol–water partition coefficient (Wildman–Crippen LogP) is 3.92. The van der Waals surface area contributed by atoms with Gasteiger partial charge in [-0.25, -0.2) is 9.97 Å². The van der Waals surface area contributed by atoms with Crippen molar-refractivity contribution in [2.45, 2.75) is 12.3 Å². The van der Waals surface area contributed by atoms with Crippen LogP contribution in [0.2, 0.25) is 0 Å².